The largest absolute Gasteiger partial charge is 0.329 e. The van der Waals surface area contributed by atoms with E-state index in [-0.39, 0.29) is 18.4 Å². The van der Waals surface area contributed by atoms with Crippen LogP contribution in [0.25, 0.3) is 0 Å². The van der Waals surface area contributed by atoms with Gasteiger partial charge in [0.15, 0.2) is 0 Å². The maximum absolute atomic E-state index is 12.5. The molecule has 0 saturated carbocycles. The average molecular weight is 378 g/mol. The molecule has 2 amide bonds. The molecule has 1 fully saturated rings. The molecule has 3 rings (SSSR count). The predicted molar refractivity (Wildman–Crippen MR) is 87.5 cm³/mol. The number of rotatable bonds is 4. The van der Waals surface area contributed by atoms with Crippen LogP contribution >= 0.6 is 15.9 Å². The van der Waals surface area contributed by atoms with Crippen LogP contribution in [-0.2, 0) is 16.1 Å². The second-order valence-electron chi connectivity index (χ2n) is 5.28. The zero-order valence-electron chi connectivity index (χ0n) is 12.4. The van der Waals surface area contributed by atoms with Gasteiger partial charge in [0.05, 0.1) is 0 Å². The fourth-order valence-corrected chi connectivity index (χ4v) is 2.99. The smallest absolute Gasteiger partial charge is 0.248 e. The number of pyridine rings is 1. The molecule has 23 heavy (non-hydrogen) atoms. The minimum Gasteiger partial charge on any atom is -0.329 e. The standard InChI is InChI=1S/C15H16BrN5O2/c16-12-5-1-6-13(18-12)19-15(23)11-4-2-9-21(11)14(22)10-20-8-3-7-17-20/h1,3,5-8,11H,2,4,9-10H2,(H,18,19,23)/t11-/m0/s1. The van der Waals surface area contributed by atoms with Gasteiger partial charge in [0.2, 0.25) is 11.8 Å². The maximum atomic E-state index is 12.5. The molecule has 2 aromatic rings. The van der Waals surface area contributed by atoms with Gasteiger partial charge in [0.25, 0.3) is 0 Å². The van der Waals surface area contributed by atoms with Gasteiger partial charge >= 0.3 is 0 Å². The number of carbonyl (C=O) groups is 2. The molecule has 0 aromatic carbocycles. The zero-order chi connectivity index (χ0) is 16.2. The molecule has 1 aliphatic heterocycles. The van der Waals surface area contributed by atoms with Crippen LogP contribution in [0.4, 0.5) is 5.82 Å². The van der Waals surface area contributed by atoms with Gasteiger partial charge in [-0.1, -0.05) is 6.07 Å². The Bertz CT molecular complexity index is 704. The predicted octanol–water partition coefficient (Wildman–Crippen LogP) is 1.67. The van der Waals surface area contributed by atoms with Crippen molar-refractivity contribution >= 4 is 33.6 Å². The topological polar surface area (TPSA) is 80.1 Å². The summed E-state index contributed by atoms with van der Waals surface area (Å²) in [5, 5.41) is 6.80. The van der Waals surface area contributed by atoms with Crippen molar-refractivity contribution in [2.24, 2.45) is 0 Å². The molecule has 7 nitrogen and oxygen atoms in total. The number of halogens is 1. The summed E-state index contributed by atoms with van der Waals surface area (Å²) >= 11 is 3.27. The van der Waals surface area contributed by atoms with Crippen LogP contribution in [0.15, 0.2) is 41.3 Å². The minimum atomic E-state index is -0.459. The van der Waals surface area contributed by atoms with E-state index >= 15 is 0 Å². The third kappa shape index (κ3) is 3.76. The second-order valence-corrected chi connectivity index (χ2v) is 6.10. The van der Waals surface area contributed by atoms with E-state index in [4.69, 9.17) is 0 Å². The SMILES string of the molecule is O=C(Nc1cccc(Br)n1)[C@@H]1CCCN1C(=O)Cn1cccn1. The summed E-state index contributed by atoms with van der Waals surface area (Å²) in [6.45, 7) is 0.732. The Morgan fingerprint density at radius 1 is 1.35 bits per heavy atom. The molecule has 1 atom stereocenters. The molecule has 120 valence electrons. The molecule has 0 radical (unpaired) electrons. The average Bonchev–Trinajstić information content (AvgIpc) is 3.18. The quantitative estimate of drug-likeness (QED) is 0.821. The van der Waals surface area contributed by atoms with Crippen molar-refractivity contribution in [1.82, 2.24) is 19.7 Å². The molecule has 1 saturated heterocycles. The van der Waals surface area contributed by atoms with Crippen LogP contribution in [0, 0.1) is 0 Å². The fourth-order valence-electron chi connectivity index (χ4n) is 2.65. The number of likely N-dealkylation sites (tertiary alicyclic amines) is 1. The highest BCUT2D eigenvalue weighted by Gasteiger charge is 2.34. The van der Waals surface area contributed by atoms with Crippen LogP contribution in [0.5, 0.6) is 0 Å². The number of nitrogens with one attached hydrogen (secondary N) is 1. The summed E-state index contributed by atoms with van der Waals surface area (Å²) in [6, 6.07) is 6.60. The number of carbonyl (C=O) groups excluding carboxylic acids is 2. The van der Waals surface area contributed by atoms with Gasteiger partial charge in [-0.2, -0.15) is 5.10 Å². The first kappa shape index (κ1) is 15.7. The van der Waals surface area contributed by atoms with Crippen molar-refractivity contribution in [1.29, 1.82) is 0 Å². The van der Waals surface area contributed by atoms with E-state index < -0.39 is 6.04 Å². The van der Waals surface area contributed by atoms with Gasteiger partial charge in [0, 0.05) is 18.9 Å². The highest BCUT2D eigenvalue weighted by molar-refractivity contribution is 9.10. The van der Waals surface area contributed by atoms with Gasteiger partial charge in [-0.15, -0.1) is 0 Å². The van der Waals surface area contributed by atoms with E-state index in [1.807, 2.05) is 0 Å². The summed E-state index contributed by atoms with van der Waals surface area (Å²) in [5.74, 6) is 0.159. The molecule has 8 heteroatoms. The van der Waals surface area contributed by atoms with Crippen LogP contribution < -0.4 is 5.32 Å². The summed E-state index contributed by atoms with van der Waals surface area (Å²) in [4.78, 5) is 30.7. The first-order valence-electron chi connectivity index (χ1n) is 7.34. The maximum Gasteiger partial charge on any atom is 0.248 e. The van der Waals surface area contributed by atoms with Gasteiger partial charge in [-0.3, -0.25) is 14.3 Å². The lowest BCUT2D eigenvalue weighted by atomic mass is 10.2. The Kier molecular flexibility index (Phi) is 4.71. The molecular weight excluding hydrogens is 362 g/mol. The molecule has 0 bridgehead atoms. The fraction of sp³-hybridized carbons (Fsp3) is 0.333. The molecule has 1 aliphatic rings. The Balaban J connectivity index is 1.66. The van der Waals surface area contributed by atoms with E-state index in [1.165, 1.54) is 0 Å². The number of anilines is 1. The highest BCUT2D eigenvalue weighted by Crippen LogP contribution is 2.20. The molecule has 3 heterocycles. The number of amides is 2. The second kappa shape index (κ2) is 6.91. The van der Waals surface area contributed by atoms with Crippen LogP contribution in [0.3, 0.4) is 0 Å². The lowest BCUT2D eigenvalue weighted by Crippen LogP contribution is -2.44. The summed E-state index contributed by atoms with van der Waals surface area (Å²) in [6.07, 6.45) is 4.83. The molecule has 2 aromatic heterocycles. The number of aromatic nitrogens is 3. The van der Waals surface area contributed by atoms with Gasteiger partial charge in [-0.25, -0.2) is 4.98 Å². The van der Waals surface area contributed by atoms with E-state index in [1.54, 1.807) is 46.2 Å². The lowest BCUT2D eigenvalue weighted by molar-refractivity contribution is -0.137. The summed E-state index contributed by atoms with van der Waals surface area (Å²) in [5.41, 5.74) is 0. The molecular formula is C15H16BrN5O2. The Hall–Kier alpha value is -2.22. The third-order valence-corrected chi connectivity index (χ3v) is 4.14. The van der Waals surface area contributed by atoms with Gasteiger partial charge in [-0.05, 0) is 47.0 Å². The zero-order valence-corrected chi connectivity index (χ0v) is 13.9. The van der Waals surface area contributed by atoms with Crippen LogP contribution in [0.2, 0.25) is 0 Å². The van der Waals surface area contributed by atoms with Crippen LogP contribution in [-0.4, -0.2) is 44.1 Å². The first-order chi connectivity index (χ1) is 11.1. The summed E-state index contributed by atoms with van der Waals surface area (Å²) in [7, 11) is 0. The van der Waals surface area contributed by atoms with E-state index in [9.17, 15) is 9.59 Å². The molecule has 0 aliphatic carbocycles. The Labute approximate surface area is 141 Å². The first-order valence-corrected chi connectivity index (χ1v) is 8.13. The minimum absolute atomic E-state index is 0.103. The van der Waals surface area contributed by atoms with E-state index in [0.717, 1.165) is 6.42 Å². The molecule has 0 unspecified atom stereocenters. The van der Waals surface area contributed by atoms with Crippen LogP contribution in [0.1, 0.15) is 12.8 Å². The van der Waals surface area contributed by atoms with Crippen molar-refractivity contribution < 1.29 is 9.59 Å². The van der Waals surface area contributed by atoms with Gasteiger partial charge < -0.3 is 10.2 Å². The number of nitrogens with zero attached hydrogens (tertiary/aromatic N) is 4. The van der Waals surface area contributed by atoms with Crippen molar-refractivity contribution in [2.75, 3.05) is 11.9 Å². The lowest BCUT2D eigenvalue weighted by Gasteiger charge is -2.23. The number of hydrogen-bond donors (Lipinski definition) is 1. The molecule has 0 spiro atoms. The monoisotopic (exact) mass is 377 g/mol. The molecule has 1 N–H and O–H groups in total. The highest BCUT2D eigenvalue weighted by atomic mass is 79.9. The van der Waals surface area contributed by atoms with Crippen molar-refractivity contribution in [2.45, 2.75) is 25.4 Å². The van der Waals surface area contributed by atoms with Gasteiger partial charge in [0.1, 0.15) is 23.0 Å². The van der Waals surface area contributed by atoms with Crippen molar-refractivity contribution in [3.8, 4) is 0 Å². The summed E-state index contributed by atoms with van der Waals surface area (Å²) < 4.78 is 2.21. The Morgan fingerprint density at radius 2 is 2.22 bits per heavy atom. The van der Waals surface area contributed by atoms with Crippen molar-refractivity contribution in [3.63, 3.8) is 0 Å². The van der Waals surface area contributed by atoms with E-state index in [0.29, 0.717) is 23.4 Å². The number of hydrogen-bond acceptors (Lipinski definition) is 4. The third-order valence-electron chi connectivity index (χ3n) is 3.70. The normalized spacial score (nSPS) is 17.3. The van der Waals surface area contributed by atoms with E-state index in [2.05, 4.69) is 31.3 Å². The Morgan fingerprint density at radius 3 is 2.96 bits per heavy atom. The van der Waals surface area contributed by atoms with Crippen molar-refractivity contribution in [3.05, 3.63) is 41.3 Å².